The molecule has 2 N–H and O–H groups in total. The van der Waals surface area contributed by atoms with Crippen molar-refractivity contribution >= 4 is 22.4 Å². The quantitative estimate of drug-likeness (QED) is 0.568. The minimum atomic E-state index is -0.525. The zero-order valence-corrected chi connectivity index (χ0v) is 13.7. The Bertz CT molecular complexity index is 1010. The maximum absolute atomic E-state index is 9.79. The Morgan fingerprint density at radius 2 is 1.88 bits per heavy atom. The standard InChI is InChI=1S/C20H17N3O2/c1-13(24)14-6-4-7-15(12-14)21-19-16-8-2-3-9-17(16)22-20(23-19)18-10-5-11-25-18/h2-13,24H,1H3,(H,21,22,23). The highest BCUT2D eigenvalue weighted by Gasteiger charge is 2.11. The number of aromatic nitrogens is 2. The molecule has 2 aromatic heterocycles. The smallest absolute Gasteiger partial charge is 0.198 e. The van der Waals surface area contributed by atoms with Crippen molar-refractivity contribution in [3.05, 3.63) is 72.5 Å². The number of aliphatic hydroxyl groups excluding tert-OH is 1. The van der Waals surface area contributed by atoms with E-state index >= 15 is 0 Å². The van der Waals surface area contributed by atoms with Gasteiger partial charge in [-0.1, -0.05) is 24.3 Å². The molecule has 0 aliphatic heterocycles. The summed E-state index contributed by atoms with van der Waals surface area (Å²) in [4.78, 5) is 9.22. The van der Waals surface area contributed by atoms with E-state index in [-0.39, 0.29) is 0 Å². The molecule has 0 radical (unpaired) electrons. The van der Waals surface area contributed by atoms with E-state index in [1.807, 2.05) is 60.7 Å². The van der Waals surface area contributed by atoms with E-state index in [1.54, 1.807) is 13.2 Å². The fourth-order valence-corrected chi connectivity index (χ4v) is 2.70. The summed E-state index contributed by atoms with van der Waals surface area (Å²) in [6, 6.07) is 19.1. The minimum Gasteiger partial charge on any atom is -0.461 e. The number of furan rings is 1. The normalized spacial score (nSPS) is 12.2. The van der Waals surface area contributed by atoms with Crippen LogP contribution in [0.5, 0.6) is 0 Å². The molecule has 0 saturated carbocycles. The highest BCUT2D eigenvalue weighted by Crippen LogP contribution is 2.28. The third-order valence-corrected chi connectivity index (χ3v) is 3.98. The number of anilines is 2. The van der Waals surface area contributed by atoms with Crippen LogP contribution in [0.25, 0.3) is 22.5 Å². The highest BCUT2D eigenvalue weighted by atomic mass is 16.3. The first-order chi connectivity index (χ1) is 12.2. The lowest BCUT2D eigenvalue weighted by Gasteiger charge is -2.12. The van der Waals surface area contributed by atoms with Gasteiger partial charge in [0.05, 0.1) is 17.9 Å². The molecule has 4 aromatic rings. The number of para-hydroxylation sites is 1. The van der Waals surface area contributed by atoms with Gasteiger partial charge in [0.25, 0.3) is 0 Å². The lowest BCUT2D eigenvalue weighted by atomic mass is 10.1. The average molecular weight is 331 g/mol. The Hall–Kier alpha value is -3.18. The summed E-state index contributed by atoms with van der Waals surface area (Å²) in [5, 5.41) is 14.0. The first kappa shape index (κ1) is 15.4. The number of fused-ring (bicyclic) bond motifs is 1. The second kappa shape index (κ2) is 6.37. The molecule has 5 nitrogen and oxygen atoms in total. The molecule has 0 aliphatic carbocycles. The van der Waals surface area contributed by atoms with Crippen molar-refractivity contribution in [2.75, 3.05) is 5.32 Å². The summed E-state index contributed by atoms with van der Waals surface area (Å²) < 4.78 is 5.44. The van der Waals surface area contributed by atoms with E-state index < -0.39 is 6.10 Å². The van der Waals surface area contributed by atoms with Gasteiger partial charge in [-0.25, -0.2) is 9.97 Å². The van der Waals surface area contributed by atoms with Gasteiger partial charge in [-0.2, -0.15) is 0 Å². The van der Waals surface area contributed by atoms with Gasteiger partial charge in [0.1, 0.15) is 5.82 Å². The SMILES string of the molecule is CC(O)c1cccc(Nc2nc(-c3ccco3)nc3ccccc23)c1. The van der Waals surface area contributed by atoms with E-state index in [0.29, 0.717) is 17.4 Å². The molecule has 0 saturated heterocycles. The molecular formula is C20H17N3O2. The van der Waals surface area contributed by atoms with E-state index in [1.165, 1.54) is 0 Å². The minimum absolute atomic E-state index is 0.525. The van der Waals surface area contributed by atoms with Crippen LogP contribution in [0.15, 0.2) is 71.3 Å². The molecule has 1 unspecified atom stereocenters. The van der Waals surface area contributed by atoms with E-state index in [0.717, 1.165) is 22.2 Å². The molecule has 0 fully saturated rings. The Kier molecular flexibility index (Phi) is 3.91. The Labute approximate surface area is 145 Å². The molecule has 0 spiro atoms. The number of benzene rings is 2. The molecule has 0 amide bonds. The van der Waals surface area contributed by atoms with E-state index in [4.69, 9.17) is 4.42 Å². The summed E-state index contributed by atoms with van der Waals surface area (Å²) in [6.45, 7) is 1.74. The number of rotatable bonds is 4. The molecule has 2 aromatic carbocycles. The van der Waals surface area contributed by atoms with Crippen LogP contribution in [0, 0.1) is 0 Å². The van der Waals surface area contributed by atoms with Gasteiger partial charge in [-0.05, 0) is 48.9 Å². The zero-order valence-electron chi connectivity index (χ0n) is 13.7. The Balaban J connectivity index is 1.81. The maximum Gasteiger partial charge on any atom is 0.198 e. The third kappa shape index (κ3) is 3.09. The highest BCUT2D eigenvalue weighted by molar-refractivity contribution is 5.92. The molecule has 4 rings (SSSR count). The third-order valence-electron chi connectivity index (χ3n) is 3.98. The number of hydrogen-bond donors (Lipinski definition) is 2. The van der Waals surface area contributed by atoms with Gasteiger partial charge in [-0.3, -0.25) is 0 Å². The second-order valence-corrected chi connectivity index (χ2v) is 5.82. The molecular weight excluding hydrogens is 314 g/mol. The summed E-state index contributed by atoms with van der Waals surface area (Å²) >= 11 is 0. The molecule has 5 heteroatoms. The van der Waals surface area contributed by atoms with Crippen LogP contribution >= 0.6 is 0 Å². The Morgan fingerprint density at radius 3 is 2.68 bits per heavy atom. The lowest BCUT2D eigenvalue weighted by Crippen LogP contribution is -2.00. The van der Waals surface area contributed by atoms with Crippen molar-refractivity contribution in [3.8, 4) is 11.6 Å². The first-order valence-corrected chi connectivity index (χ1v) is 8.06. The molecule has 124 valence electrons. The molecule has 1 atom stereocenters. The summed E-state index contributed by atoms with van der Waals surface area (Å²) in [6.07, 6.45) is 1.08. The van der Waals surface area contributed by atoms with Gasteiger partial charge < -0.3 is 14.8 Å². The van der Waals surface area contributed by atoms with Gasteiger partial charge in [0.2, 0.25) is 0 Å². The van der Waals surface area contributed by atoms with Gasteiger partial charge in [0, 0.05) is 11.1 Å². The van der Waals surface area contributed by atoms with Crippen molar-refractivity contribution in [2.24, 2.45) is 0 Å². The van der Waals surface area contributed by atoms with Crippen LogP contribution in [0.4, 0.5) is 11.5 Å². The van der Waals surface area contributed by atoms with Gasteiger partial charge >= 0.3 is 0 Å². The fraction of sp³-hybridized carbons (Fsp3) is 0.100. The number of nitrogens with zero attached hydrogens (tertiary/aromatic N) is 2. The van der Waals surface area contributed by atoms with Gasteiger partial charge in [-0.15, -0.1) is 0 Å². The van der Waals surface area contributed by atoms with Crippen molar-refractivity contribution in [1.29, 1.82) is 0 Å². The van der Waals surface area contributed by atoms with E-state index in [9.17, 15) is 5.11 Å². The van der Waals surface area contributed by atoms with Crippen molar-refractivity contribution in [3.63, 3.8) is 0 Å². The van der Waals surface area contributed by atoms with Crippen LogP contribution in [-0.4, -0.2) is 15.1 Å². The molecule has 0 bridgehead atoms. The first-order valence-electron chi connectivity index (χ1n) is 8.06. The van der Waals surface area contributed by atoms with Crippen molar-refractivity contribution < 1.29 is 9.52 Å². The fourth-order valence-electron chi connectivity index (χ4n) is 2.70. The molecule has 0 aliphatic rings. The van der Waals surface area contributed by atoms with Crippen LogP contribution in [-0.2, 0) is 0 Å². The Morgan fingerprint density at radius 1 is 1.00 bits per heavy atom. The van der Waals surface area contributed by atoms with Gasteiger partial charge in [0.15, 0.2) is 11.6 Å². The van der Waals surface area contributed by atoms with Crippen LogP contribution in [0.3, 0.4) is 0 Å². The predicted octanol–water partition coefficient (Wildman–Crippen LogP) is 4.69. The number of nitrogens with one attached hydrogen (secondary N) is 1. The molecule has 2 heterocycles. The number of aliphatic hydroxyl groups is 1. The summed E-state index contributed by atoms with van der Waals surface area (Å²) in [5.41, 5.74) is 2.53. The van der Waals surface area contributed by atoms with Crippen molar-refractivity contribution in [2.45, 2.75) is 13.0 Å². The van der Waals surface area contributed by atoms with Crippen LogP contribution in [0.1, 0.15) is 18.6 Å². The lowest BCUT2D eigenvalue weighted by molar-refractivity contribution is 0.199. The second-order valence-electron chi connectivity index (χ2n) is 5.82. The molecule has 25 heavy (non-hydrogen) atoms. The topological polar surface area (TPSA) is 71.2 Å². The monoisotopic (exact) mass is 331 g/mol. The predicted molar refractivity (Wildman–Crippen MR) is 97.6 cm³/mol. The summed E-state index contributed by atoms with van der Waals surface area (Å²) in [7, 11) is 0. The number of hydrogen-bond acceptors (Lipinski definition) is 5. The van der Waals surface area contributed by atoms with Crippen LogP contribution in [0.2, 0.25) is 0 Å². The maximum atomic E-state index is 9.79. The van der Waals surface area contributed by atoms with Crippen LogP contribution < -0.4 is 5.32 Å². The van der Waals surface area contributed by atoms with E-state index in [2.05, 4.69) is 15.3 Å². The largest absolute Gasteiger partial charge is 0.461 e. The summed E-state index contributed by atoms with van der Waals surface area (Å²) in [5.74, 6) is 1.84. The zero-order chi connectivity index (χ0) is 17.2. The average Bonchev–Trinajstić information content (AvgIpc) is 3.16. The van der Waals surface area contributed by atoms with Crippen molar-refractivity contribution in [1.82, 2.24) is 9.97 Å².